The van der Waals surface area contributed by atoms with Crippen molar-refractivity contribution in [2.75, 3.05) is 42.2 Å². The maximum absolute atomic E-state index is 14.5. The van der Waals surface area contributed by atoms with Gasteiger partial charge < -0.3 is 102 Å². The van der Waals surface area contributed by atoms with E-state index in [2.05, 4.69) is 0 Å². The van der Waals surface area contributed by atoms with E-state index in [-0.39, 0.29) is 49.5 Å². The Kier molecular flexibility index (Phi) is 25.5. The van der Waals surface area contributed by atoms with Crippen LogP contribution in [0.3, 0.4) is 0 Å². The lowest BCUT2D eigenvalue weighted by Crippen LogP contribution is -2.74. The number of rotatable bonds is 16. The molecule has 0 spiro atoms. The zero-order chi connectivity index (χ0) is 61.3. The minimum absolute atomic E-state index is 0.0638. The van der Waals surface area contributed by atoms with Crippen molar-refractivity contribution >= 4 is 5.97 Å². The van der Waals surface area contributed by atoms with Crippen molar-refractivity contribution in [3.8, 4) is 0 Å². The molecular weight excluding hydrogens is 1070 g/mol. The molecule has 0 bridgehead atoms. The van der Waals surface area contributed by atoms with E-state index < -0.39 is 145 Å². The Labute approximate surface area is 484 Å². The van der Waals surface area contributed by atoms with Crippen LogP contribution in [0.5, 0.6) is 0 Å². The predicted octanol–water partition coefficient (Wildman–Crippen LogP) is 3.87. The fraction of sp³-hybridized carbons (Fsp3) is 0.783. The van der Waals surface area contributed by atoms with Crippen LogP contribution in [0.1, 0.15) is 115 Å². The zero-order valence-corrected chi connectivity index (χ0v) is 51.1. The van der Waals surface area contributed by atoms with Gasteiger partial charge in [0.25, 0.3) is 0 Å². The van der Waals surface area contributed by atoms with Crippen LogP contribution in [0.25, 0.3) is 0 Å². The summed E-state index contributed by atoms with van der Waals surface area (Å²) in [6, 6.07) is 0. The average molecular weight is 1170 g/mol. The van der Waals surface area contributed by atoms with Gasteiger partial charge in [-0.15, -0.1) is 0 Å². The molecule has 0 aliphatic carbocycles. The molecule has 8 N–H and O–H groups in total. The summed E-state index contributed by atoms with van der Waals surface area (Å²) in [4.78, 5) is 14.5. The summed E-state index contributed by atoms with van der Waals surface area (Å²) in [6.45, 7) is 20.8. The quantitative estimate of drug-likeness (QED) is 0.0804. The summed E-state index contributed by atoms with van der Waals surface area (Å²) in [5.41, 5.74) is -0.215. The van der Waals surface area contributed by atoms with Gasteiger partial charge in [0.1, 0.15) is 60.2 Å². The minimum Gasteiger partial charge on any atom is -0.497 e. The first-order chi connectivity index (χ1) is 38.4. The van der Waals surface area contributed by atoms with Crippen molar-refractivity contribution in [2.24, 2.45) is 11.8 Å². The number of hydrogen-bond acceptors (Lipinski definition) is 22. The van der Waals surface area contributed by atoms with E-state index in [1.165, 1.54) is 55.5 Å². The lowest BCUT2D eigenvalue weighted by molar-refractivity contribution is -0.416. The number of aliphatic hydroxyl groups is 8. The van der Waals surface area contributed by atoms with E-state index in [1.54, 1.807) is 53.7 Å². The fourth-order valence-corrected chi connectivity index (χ4v) is 12.0. The van der Waals surface area contributed by atoms with Crippen LogP contribution in [0, 0.1) is 11.8 Å². The maximum atomic E-state index is 14.5. The molecule has 5 aliphatic heterocycles. The molecule has 24 atom stereocenters. The summed E-state index contributed by atoms with van der Waals surface area (Å²) in [5, 5.41) is 92.6. The number of carbonyl (C=O) groups excluding carboxylic acids is 1. The summed E-state index contributed by atoms with van der Waals surface area (Å²) in [6.07, 6.45) is -10.3. The Morgan fingerprint density at radius 1 is 0.707 bits per heavy atom. The van der Waals surface area contributed by atoms with Gasteiger partial charge >= 0.3 is 5.97 Å². The van der Waals surface area contributed by atoms with Gasteiger partial charge in [-0.3, -0.25) is 0 Å². The van der Waals surface area contributed by atoms with E-state index in [4.69, 9.17) is 61.6 Å². The lowest BCUT2D eigenvalue weighted by atomic mass is 9.75. The highest BCUT2D eigenvalue weighted by atomic mass is 16.7. The highest BCUT2D eigenvalue weighted by molar-refractivity contribution is 5.88. The number of esters is 1. The molecule has 4 saturated heterocycles. The molecule has 5 unspecified atom stereocenters. The Bertz CT molecular complexity index is 2250. The van der Waals surface area contributed by atoms with Gasteiger partial charge in [-0.25, -0.2) is 4.79 Å². The second kappa shape index (κ2) is 30.0. The molecule has 22 heteroatoms. The standard InChI is InChI=1S/C60H98O22/c1-30-21-31(2)25-41(61)44(72-15)28-43(78-56(67)35(6)26-40(71-14)24-32(3)23-34(5)50(33(4)22-30)80-57-49(64)48(63)52(73-16)38(9)77-57)36(7)60(69)55(74-17)54(66)59(12,45(81-60)19-18-20-70-13)82-46-27-42(62)51(37(8)75-46)79-47-29-58(11,68)53(65)39(10)76-47/h21-26,34,36-39,41-55,57,61-66,68-69H,18-20,27-29H2,1-17H3/b30-21+,31-25+,32-23+,33-22-,35-26+,40-24+/t34?,36-,37-,38-,39-,41?,42+,43?,44?,45-,46+,47+,48-,49-,50?,51-,52-,53-,54-,55-,57-,58-,59-,60+/m1/s1. The molecule has 82 heavy (non-hydrogen) atoms. The van der Waals surface area contributed by atoms with Gasteiger partial charge in [-0.1, -0.05) is 54.9 Å². The van der Waals surface area contributed by atoms with E-state index in [0.29, 0.717) is 12.0 Å². The van der Waals surface area contributed by atoms with Gasteiger partial charge in [0.05, 0.1) is 67.5 Å². The van der Waals surface area contributed by atoms with Crippen LogP contribution < -0.4 is 0 Å². The van der Waals surface area contributed by atoms with Crippen LogP contribution in [-0.4, -0.2) is 223 Å². The second-order valence-electron chi connectivity index (χ2n) is 23.6. The van der Waals surface area contributed by atoms with Crippen molar-refractivity contribution in [1.82, 2.24) is 0 Å². The molecule has 22 nitrogen and oxygen atoms in total. The number of methoxy groups -OCH3 is 5. The first-order valence-electron chi connectivity index (χ1n) is 28.5. The SMILES string of the molecule is COCCC[C@H]1O[C@@](O)([C@H](C)C2CC(OC)C(O)/C=C(C)/C=C(C)/C=C(/C)C(O[C@H]3O[C@H](C)[C@@H](OC)[C@H](O)[C@H]3O)C(C)/C=C(C)/C=C(OC)\C=C(/C)C(=O)O2)[C@H](OC)[C@@H](O)[C@]1(C)O[C@H]1C[C@H](O)[C@H](O[C@H]2C[C@@](C)(O)[C@H](O)[C@@H](C)O2)[C@@H](C)O1. The van der Waals surface area contributed by atoms with Crippen molar-refractivity contribution in [1.29, 1.82) is 0 Å². The van der Waals surface area contributed by atoms with Crippen LogP contribution in [-0.2, 0) is 66.4 Å². The Balaban J connectivity index is 1.49. The van der Waals surface area contributed by atoms with Crippen LogP contribution in [0.15, 0.2) is 70.1 Å². The van der Waals surface area contributed by atoms with Crippen LogP contribution >= 0.6 is 0 Å². The van der Waals surface area contributed by atoms with Crippen molar-refractivity contribution in [2.45, 2.75) is 249 Å². The molecule has 470 valence electrons. The third kappa shape index (κ3) is 16.7. The summed E-state index contributed by atoms with van der Waals surface area (Å²) in [7, 11) is 7.10. The third-order valence-corrected chi connectivity index (χ3v) is 16.7. The summed E-state index contributed by atoms with van der Waals surface area (Å²) >= 11 is 0. The van der Waals surface area contributed by atoms with Gasteiger partial charge in [-0.05, 0) is 99.8 Å². The van der Waals surface area contributed by atoms with E-state index in [1.807, 2.05) is 45.9 Å². The number of aliphatic hydroxyl groups excluding tert-OH is 6. The second-order valence-corrected chi connectivity index (χ2v) is 23.6. The molecular formula is C60H98O22. The molecule has 4 fully saturated rings. The largest absolute Gasteiger partial charge is 0.497 e. The van der Waals surface area contributed by atoms with Gasteiger partial charge in [0.15, 0.2) is 18.9 Å². The van der Waals surface area contributed by atoms with Crippen molar-refractivity contribution < 1.29 is 107 Å². The fourth-order valence-electron chi connectivity index (χ4n) is 12.0. The minimum atomic E-state index is -2.43. The first kappa shape index (κ1) is 69.7. The molecule has 0 radical (unpaired) electrons. The normalized spacial score (nSPS) is 46.8. The van der Waals surface area contributed by atoms with Gasteiger partial charge in [0.2, 0.25) is 5.79 Å². The maximum Gasteiger partial charge on any atom is 0.334 e. The van der Waals surface area contributed by atoms with E-state index in [9.17, 15) is 45.6 Å². The zero-order valence-electron chi connectivity index (χ0n) is 51.1. The first-order valence-corrected chi connectivity index (χ1v) is 28.5. The van der Waals surface area contributed by atoms with Crippen molar-refractivity contribution in [3.05, 3.63) is 70.1 Å². The van der Waals surface area contributed by atoms with Gasteiger partial charge in [-0.2, -0.15) is 0 Å². The number of allylic oxidation sites excluding steroid dienone is 7. The Hall–Kier alpha value is -3.05. The van der Waals surface area contributed by atoms with Gasteiger partial charge in [0, 0.05) is 65.8 Å². The van der Waals surface area contributed by atoms with Crippen LogP contribution in [0.4, 0.5) is 0 Å². The highest BCUT2D eigenvalue weighted by Crippen LogP contribution is 2.47. The van der Waals surface area contributed by atoms with E-state index >= 15 is 0 Å². The predicted molar refractivity (Wildman–Crippen MR) is 298 cm³/mol. The number of ether oxygens (including phenoxy) is 13. The molecule has 0 amide bonds. The van der Waals surface area contributed by atoms with Crippen LogP contribution in [0.2, 0.25) is 0 Å². The highest BCUT2D eigenvalue weighted by Gasteiger charge is 2.64. The summed E-state index contributed by atoms with van der Waals surface area (Å²) in [5.74, 6) is -4.57. The lowest BCUT2D eigenvalue weighted by Gasteiger charge is -2.57. The third-order valence-electron chi connectivity index (χ3n) is 16.7. The Morgan fingerprint density at radius 3 is 1.95 bits per heavy atom. The van der Waals surface area contributed by atoms with E-state index in [0.717, 1.165) is 16.7 Å². The molecule has 0 aromatic heterocycles. The summed E-state index contributed by atoms with van der Waals surface area (Å²) < 4.78 is 79.0. The molecule has 5 rings (SSSR count). The molecule has 5 aliphatic rings. The molecule has 0 saturated carbocycles. The monoisotopic (exact) mass is 1170 g/mol. The molecule has 0 aromatic carbocycles. The molecule has 5 heterocycles. The topological polar surface area (TPSA) is 299 Å². The Morgan fingerprint density at radius 2 is 1.35 bits per heavy atom. The average Bonchev–Trinajstić information content (AvgIpc) is 3.40. The number of carbonyl (C=O) groups is 1. The molecule has 0 aromatic rings. The number of hydrogen-bond donors (Lipinski definition) is 8. The van der Waals surface area contributed by atoms with Crippen molar-refractivity contribution in [3.63, 3.8) is 0 Å². The number of cyclic esters (lactones) is 1. The smallest absolute Gasteiger partial charge is 0.334 e.